The van der Waals surface area contributed by atoms with Crippen molar-refractivity contribution in [1.82, 2.24) is 19.9 Å². The third kappa shape index (κ3) is 2.00. The molecule has 0 spiro atoms. The lowest BCUT2D eigenvalue weighted by Gasteiger charge is -2.14. The normalized spacial score (nSPS) is 14.0. The number of methoxy groups -OCH3 is 1. The number of nitrogens with one attached hydrogen (secondary N) is 2. The summed E-state index contributed by atoms with van der Waals surface area (Å²) in [5, 5.41) is 6.36. The van der Waals surface area contributed by atoms with Crippen LogP contribution in [-0.4, -0.2) is 28.3 Å². The fourth-order valence-corrected chi connectivity index (χ4v) is 2.83. The van der Waals surface area contributed by atoms with Crippen LogP contribution < -0.4 is 15.6 Å². The average molecular weight is 296 g/mol. The van der Waals surface area contributed by atoms with Gasteiger partial charge in [0.05, 0.1) is 24.1 Å². The Hall–Kier alpha value is -2.60. The quantitative estimate of drug-likeness (QED) is 0.749. The van der Waals surface area contributed by atoms with Crippen LogP contribution in [0.3, 0.4) is 0 Å². The Bertz CT molecular complexity index is 893. The highest BCUT2D eigenvalue weighted by molar-refractivity contribution is 5.64. The van der Waals surface area contributed by atoms with Crippen molar-refractivity contribution in [2.24, 2.45) is 0 Å². The predicted octanol–water partition coefficient (Wildman–Crippen LogP) is 1.34. The molecule has 0 amide bonds. The fraction of sp³-hybridized carbons (Fsp3) is 0.250. The van der Waals surface area contributed by atoms with Gasteiger partial charge in [0.2, 0.25) is 0 Å². The van der Waals surface area contributed by atoms with E-state index in [2.05, 4.69) is 15.4 Å². The number of ether oxygens (including phenoxy) is 1. The molecule has 112 valence electrons. The molecule has 2 N–H and O–H groups in total. The minimum absolute atomic E-state index is 0.0213. The lowest BCUT2D eigenvalue weighted by Crippen LogP contribution is -2.33. The minimum Gasteiger partial charge on any atom is -0.497 e. The molecule has 0 unspecified atom stereocenters. The summed E-state index contributed by atoms with van der Waals surface area (Å²) in [7, 11) is 1.64. The van der Waals surface area contributed by atoms with E-state index in [1.54, 1.807) is 7.11 Å². The third-order valence-electron chi connectivity index (χ3n) is 4.04. The molecule has 2 aromatic heterocycles. The van der Waals surface area contributed by atoms with E-state index in [1.165, 1.54) is 4.52 Å². The molecule has 0 atom stereocenters. The molecule has 0 radical (unpaired) electrons. The molecular formula is C16H16N4O2. The number of benzene rings is 1. The molecule has 1 aliphatic rings. The van der Waals surface area contributed by atoms with Crippen molar-refractivity contribution in [3.05, 3.63) is 51.9 Å². The molecule has 22 heavy (non-hydrogen) atoms. The summed E-state index contributed by atoms with van der Waals surface area (Å²) >= 11 is 0. The number of nitrogens with zero attached hydrogens (tertiary/aromatic N) is 2. The molecule has 0 saturated heterocycles. The van der Waals surface area contributed by atoms with Gasteiger partial charge in [-0.15, -0.1) is 0 Å². The molecular weight excluding hydrogens is 280 g/mol. The molecule has 6 nitrogen and oxygen atoms in total. The fourth-order valence-electron chi connectivity index (χ4n) is 2.83. The van der Waals surface area contributed by atoms with Crippen LogP contribution in [0.1, 0.15) is 11.3 Å². The van der Waals surface area contributed by atoms with E-state index in [9.17, 15) is 4.79 Å². The molecule has 0 aliphatic carbocycles. The molecule has 1 aliphatic heterocycles. The maximum Gasteiger partial charge on any atom is 0.277 e. The maximum atomic E-state index is 12.5. The van der Waals surface area contributed by atoms with Gasteiger partial charge in [-0.3, -0.25) is 9.89 Å². The van der Waals surface area contributed by atoms with E-state index in [4.69, 9.17) is 4.74 Å². The predicted molar refractivity (Wildman–Crippen MR) is 83.2 cm³/mol. The van der Waals surface area contributed by atoms with Crippen molar-refractivity contribution in [1.29, 1.82) is 0 Å². The smallest absolute Gasteiger partial charge is 0.277 e. The highest BCUT2D eigenvalue weighted by atomic mass is 16.5. The lowest BCUT2D eigenvalue weighted by molar-refractivity contribution is 0.415. The van der Waals surface area contributed by atoms with Crippen LogP contribution in [0.15, 0.2) is 35.1 Å². The number of aromatic amines is 1. The first-order valence-electron chi connectivity index (χ1n) is 7.25. The number of rotatable bonds is 2. The Morgan fingerprint density at radius 2 is 2.09 bits per heavy atom. The van der Waals surface area contributed by atoms with Crippen LogP contribution in [0, 0.1) is 0 Å². The van der Waals surface area contributed by atoms with E-state index in [-0.39, 0.29) is 5.56 Å². The van der Waals surface area contributed by atoms with Crippen LogP contribution >= 0.6 is 0 Å². The first kappa shape index (κ1) is 13.1. The van der Waals surface area contributed by atoms with E-state index in [0.717, 1.165) is 41.2 Å². The number of hydrogen-bond donors (Lipinski definition) is 2. The summed E-state index contributed by atoms with van der Waals surface area (Å²) in [6.07, 6.45) is 0.796. The standard InChI is InChI=1S/C16H16N4O2/c1-22-11-4-2-10(3-5-11)14-8-15-18-13-6-7-17-9-12(13)16(21)20(15)19-14/h2-5,8,17,19H,6-7,9H2,1H3. The van der Waals surface area contributed by atoms with Gasteiger partial charge in [-0.1, -0.05) is 0 Å². The zero-order valence-electron chi connectivity index (χ0n) is 12.2. The van der Waals surface area contributed by atoms with Gasteiger partial charge in [0.25, 0.3) is 5.56 Å². The Morgan fingerprint density at radius 1 is 1.27 bits per heavy atom. The molecule has 0 fully saturated rings. The van der Waals surface area contributed by atoms with Gasteiger partial charge in [-0.25, -0.2) is 9.50 Å². The summed E-state index contributed by atoms with van der Waals surface area (Å²) in [4.78, 5) is 17.2. The summed E-state index contributed by atoms with van der Waals surface area (Å²) in [5.74, 6) is 0.802. The number of fused-ring (bicyclic) bond motifs is 2. The number of hydrogen-bond acceptors (Lipinski definition) is 4. The SMILES string of the molecule is COc1ccc(-c2cc3nc4c(c(=O)n3[nH]2)CNCC4)cc1. The van der Waals surface area contributed by atoms with Crippen LogP contribution in [0.5, 0.6) is 5.75 Å². The van der Waals surface area contributed by atoms with Crippen molar-refractivity contribution < 1.29 is 4.74 Å². The Balaban J connectivity index is 1.86. The topological polar surface area (TPSA) is 71.4 Å². The van der Waals surface area contributed by atoms with Gasteiger partial charge in [0.1, 0.15) is 5.75 Å². The molecule has 1 aromatic carbocycles. The Labute approximate surface area is 126 Å². The molecule has 3 aromatic rings. The van der Waals surface area contributed by atoms with E-state index < -0.39 is 0 Å². The monoisotopic (exact) mass is 296 g/mol. The van der Waals surface area contributed by atoms with Crippen molar-refractivity contribution in [3.63, 3.8) is 0 Å². The van der Waals surface area contributed by atoms with Gasteiger partial charge in [0, 0.05) is 25.6 Å². The van der Waals surface area contributed by atoms with Gasteiger partial charge in [0.15, 0.2) is 5.65 Å². The zero-order valence-corrected chi connectivity index (χ0v) is 12.2. The molecule has 0 saturated carbocycles. The van der Waals surface area contributed by atoms with E-state index in [0.29, 0.717) is 12.2 Å². The second-order valence-electron chi connectivity index (χ2n) is 5.36. The summed E-state index contributed by atoms with van der Waals surface area (Å²) in [6, 6.07) is 9.61. The Kier molecular flexibility index (Phi) is 2.97. The van der Waals surface area contributed by atoms with Crippen LogP contribution in [0.4, 0.5) is 0 Å². The second-order valence-corrected chi connectivity index (χ2v) is 5.36. The van der Waals surface area contributed by atoms with E-state index in [1.807, 2.05) is 30.3 Å². The molecule has 6 heteroatoms. The summed E-state index contributed by atoms with van der Waals surface area (Å²) in [5.41, 5.74) is 4.16. The molecule has 3 heterocycles. The van der Waals surface area contributed by atoms with Crippen molar-refractivity contribution in [2.45, 2.75) is 13.0 Å². The van der Waals surface area contributed by atoms with E-state index >= 15 is 0 Å². The highest BCUT2D eigenvalue weighted by Crippen LogP contribution is 2.22. The van der Waals surface area contributed by atoms with Crippen LogP contribution in [-0.2, 0) is 13.0 Å². The Morgan fingerprint density at radius 3 is 2.86 bits per heavy atom. The lowest BCUT2D eigenvalue weighted by atomic mass is 10.1. The molecule has 0 bridgehead atoms. The number of aromatic nitrogens is 3. The summed E-state index contributed by atoms with van der Waals surface area (Å²) < 4.78 is 6.69. The first-order valence-corrected chi connectivity index (χ1v) is 7.25. The van der Waals surface area contributed by atoms with Gasteiger partial charge >= 0.3 is 0 Å². The minimum atomic E-state index is -0.0213. The first-order chi connectivity index (χ1) is 10.8. The zero-order chi connectivity index (χ0) is 15.1. The van der Waals surface area contributed by atoms with Gasteiger partial charge < -0.3 is 10.1 Å². The second kappa shape index (κ2) is 4.99. The highest BCUT2D eigenvalue weighted by Gasteiger charge is 2.17. The third-order valence-corrected chi connectivity index (χ3v) is 4.04. The largest absolute Gasteiger partial charge is 0.497 e. The average Bonchev–Trinajstić information content (AvgIpc) is 2.99. The molecule has 4 rings (SSSR count). The van der Waals surface area contributed by atoms with Crippen molar-refractivity contribution in [2.75, 3.05) is 13.7 Å². The van der Waals surface area contributed by atoms with Crippen LogP contribution in [0.2, 0.25) is 0 Å². The maximum absolute atomic E-state index is 12.5. The number of H-pyrrole nitrogens is 1. The van der Waals surface area contributed by atoms with Crippen LogP contribution in [0.25, 0.3) is 16.9 Å². The van der Waals surface area contributed by atoms with Crippen molar-refractivity contribution in [3.8, 4) is 17.0 Å². The summed E-state index contributed by atoms with van der Waals surface area (Å²) in [6.45, 7) is 1.45. The van der Waals surface area contributed by atoms with Gasteiger partial charge in [-0.2, -0.15) is 0 Å². The van der Waals surface area contributed by atoms with Gasteiger partial charge in [-0.05, 0) is 29.8 Å². The van der Waals surface area contributed by atoms with Crippen molar-refractivity contribution >= 4 is 5.65 Å².